The number of nitrogens with two attached hydrogens (primary N) is 1. The monoisotopic (exact) mass is 436 g/mol. The zero-order valence-electron chi connectivity index (χ0n) is 18.2. The van der Waals surface area contributed by atoms with Crippen LogP contribution in [0.15, 0.2) is 24.3 Å². The molecule has 0 saturated carbocycles. The zero-order valence-corrected chi connectivity index (χ0v) is 18.2. The molecule has 0 aliphatic heterocycles. The van der Waals surface area contributed by atoms with E-state index in [0.717, 1.165) is 0 Å². The van der Waals surface area contributed by atoms with Crippen molar-refractivity contribution in [2.24, 2.45) is 17.6 Å². The first kappa shape index (κ1) is 25.9. The number of carboxylic acids is 1. The molecule has 0 fully saturated rings. The van der Waals surface area contributed by atoms with Crippen LogP contribution in [0, 0.1) is 11.8 Å². The molecule has 0 aliphatic carbocycles. The summed E-state index contributed by atoms with van der Waals surface area (Å²) < 4.78 is 0. The molecular formula is C21H32N4O6. The van der Waals surface area contributed by atoms with Gasteiger partial charge in [-0.1, -0.05) is 39.8 Å². The van der Waals surface area contributed by atoms with Gasteiger partial charge in [0, 0.05) is 6.42 Å². The van der Waals surface area contributed by atoms with Crippen LogP contribution in [0.2, 0.25) is 0 Å². The van der Waals surface area contributed by atoms with Crippen LogP contribution in [-0.4, -0.2) is 58.6 Å². The second kappa shape index (κ2) is 11.9. The predicted molar refractivity (Wildman–Crippen MR) is 114 cm³/mol. The van der Waals surface area contributed by atoms with Gasteiger partial charge in [0.05, 0.1) is 6.54 Å². The molecular weight excluding hydrogens is 404 g/mol. The van der Waals surface area contributed by atoms with Crippen molar-refractivity contribution in [2.45, 2.75) is 52.2 Å². The summed E-state index contributed by atoms with van der Waals surface area (Å²) in [6, 6.07) is 3.00. The summed E-state index contributed by atoms with van der Waals surface area (Å²) in [4.78, 5) is 48.9. The van der Waals surface area contributed by atoms with Crippen molar-refractivity contribution in [1.29, 1.82) is 0 Å². The molecule has 0 spiro atoms. The van der Waals surface area contributed by atoms with E-state index in [1.165, 1.54) is 12.1 Å². The Morgan fingerprint density at radius 2 is 1.39 bits per heavy atom. The lowest BCUT2D eigenvalue weighted by Gasteiger charge is -2.27. The molecule has 7 N–H and O–H groups in total. The number of phenolic OH excluding ortho intramolecular Hbond substituents is 1. The highest BCUT2D eigenvalue weighted by molar-refractivity contribution is 5.93. The van der Waals surface area contributed by atoms with Gasteiger partial charge >= 0.3 is 5.97 Å². The topological polar surface area (TPSA) is 171 Å². The Morgan fingerprint density at radius 1 is 0.871 bits per heavy atom. The maximum Gasteiger partial charge on any atom is 0.326 e. The second-order valence-electron chi connectivity index (χ2n) is 7.99. The quantitative estimate of drug-likeness (QED) is 0.277. The largest absolute Gasteiger partial charge is 0.508 e. The number of nitrogens with one attached hydrogen (secondary N) is 3. The number of benzene rings is 1. The van der Waals surface area contributed by atoms with Gasteiger partial charge in [-0.15, -0.1) is 0 Å². The van der Waals surface area contributed by atoms with Gasteiger partial charge in [0.2, 0.25) is 17.7 Å². The van der Waals surface area contributed by atoms with E-state index >= 15 is 0 Å². The minimum Gasteiger partial charge on any atom is -0.508 e. The van der Waals surface area contributed by atoms with Gasteiger partial charge in [0.25, 0.3) is 0 Å². The first-order valence-electron chi connectivity index (χ1n) is 10.1. The van der Waals surface area contributed by atoms with Crippen LogP contribution in [0.25, 0.3) is 0 Å². The fourth-order valence-corrected chi connectivity index (χ4v) is 2.88. The van der Waals surface area contributed by atoms with Crippen molar-refractivity contribution in [2.75, 3.05) is 6.54 Å². The maximum atomic E-state index is 12.9. The number of rotatable bonds is 11. The Hall–Kier alpha value is -3.14. The van der Waals surface area contributed by atoms with Crippen LogP contribution in [-0.2, 0) is 25.6 Å². The smallest absolute Gasteiger partial charge is 0.326 e. The Bertz CT molecular complexity index is 779. The van der Waals surface area contributed by atoms with Crippen LogP contribution in [0.4, 0.5) is 0 Å². The molecule has 0 saturated heterocycles. The van der Waals surface area contributed by atoms with E-state index in [1.807, 2.05) is 0 Å². The Morgan fingerprint density at radius 3 is 1.84 bits per heavy atom. The van der Waals surface area contributed by atoms with Crippen molar-refractivity contribution >= 4 is 23.7 Å². The molecule has 3 atom stereocenters. The molecule has 172 valence electrons. The van der Waals surface area contributed by atoms with Crippen LogP contribution in [0.3, 0.4) is 0 Å². The van der Waals surface area contributed by atoms with Gasteiger partial charge in [-0.05, 0) is 29.5 Å². The van der Waals surface area contributed by atoms with Crippen molar-refractivity contribution in [3.05, 3.63) is 29.8 Å². The summed E-state index contributed by atoms with van der Waals surface area (Å²) >= 11 is 0. The van der Waals surface area contributed by atoms with E-state index in [9.17, 15) is 29.4 Å². The zero-order chi connectivity index (χ0) is 23.7. The molecule has 0 bridgehead atoms. The number of hydrogen-bond acceptors (Lipinski definition) is 6. The minimum atomic E-state index is -1.17. The maximum absolute atomic E-state index is 12.9. The number of aromatic hydroxyl groups is 1. The molecule has 0 aliphatic rings. The molecule has 10 heteroatoms. The first-order valence-corrected chi connectivity index (χ1v) is 10.1. The van der Waals surface area contributed by atoms with Gasteiger partial charge in [-0.2, -0.15) is 0 Å². The summed E-state index contributed by atoms with van der Waals surface area (Å²) in [6.45, 7) is 6.44. The molecule has 31 heavy (non-hydrogen) atoms. The number of hydrogen-bond donors (Lipinski definition) is 6. The van der Waals surface area contributed by atoms with Gasteiger partial charge in [0.1, 0.15) is 23.9 Å². The first-order chi connectivity index (χ1) is 14.5. The number of carboxylic acid groups (broad SMARTS) is 1. The summed E-state index contributed by atoms with van der Waals surface area (Å²) in [5, 5.41) is 26.3. The normalized spacial score (nSPS) is 13.9. The molecule has 0 heterocycles. The predicted octanol–water partition coefficient (Wildman–Crippen LogP) is -0.256. The summed E-state index contributed by atoms with van der Waals surface area (Å²) in [5.41, 5.74) is 6.02. The third kappa shape index (κ3) is 8.25. The molecule has 1 rings (SSSR count). The van der Waals surface area contributed by atoms with E-state index in [4.69, 9.17) is 5.73 Å². The Balaban J connectivity index is 3.01. The molecule has 1 aromatic rings. The summed E-state index contributed by atoms with van der Waals surface area (Å²) in [7, 11) is 0. The van der Waals surface area contributed by atoms with Crippen LogP contribution in [0.5, 0.6) is 5.75 Å². The third-order valence-electron chi connectivity index (χ3n) is 4.69. The summed E-state index contributed by atoms with van der Waals surface area (Å²) in [5.74, 6) is -3.59. The van der Waals surface area contributed by atoms with Crippen molar-refractivity contribution in [3.63, 3.8) is 0 Å². The lowest BCUT2D eigenvalue weighted by Crippen LogP contribution is -2.58. The molecule has 0 radical (unpaired) electrons. The van der Waals surface area contributed by atoms with Gasteiger partial charge in [0.15, 0.2) is 0 Å². The lowest BCUT2D eigenvalue weighted by molar-refractivity contribution is -0.143. The fourth-order valence-electron chi connectivity index (χ4n) is 2.88. The second-order valence-corrected chi connectivity index (χ2v) is 7.99. The third-order valence-corrected chi connectivity index (χ3v) is 4.69. The average molecular weight is 437 g/mol. The van der Waals surface area contributed by atoms with Crippen LogP contribution >= 0.6 is 0 Å². The van der Waals surface area contributed by atoms with Crippen molar-refractivity contribution in [1.82, 2.24) is 16.0 Å². The van der Waals surface area contributed by atoms with E-state index < -0.39 is 41.8 Å². The highest BCUT2D eigenvalue weighted by atomic mass is 16.4. The van der Waals surface area contributed by atoms with Crippen molar-refractivity contribution < 1.29 is 29.4 Å². The van der Waals surface area contributed by atoms with E-state index in [-0.39, 0.29) is 30.6 Å². The standard InChI is InChI=1S/C21H32N4O6/c1-11(2)17(20(29)25-18(12(3)4)21(30)31)24-19(28)15(23-16(27)10-22)9-13-5-7-14(26)8-6-13/h5-8,11-12,15,17-18,26H,9-10,22H2,1-4H3,(H,23,27)(H,24,28)(H,25,29)(H,30,31). The van der Waals surface area contributed by atoms with Gasteiger partial charge < -0.3 is 31.9 Å². The van der Waals surface area contributed by atoms with Gasteiger partial charge in [-0.25, -0.2) is 4.79 Å². The molecule has 3 unspecified atom stereocenters. The van der Waals surface area contributed by atoms with Crippen LogP contribution in [0.1, 0.15) is 33.3 Å². The van der Waals surface area contributed by atoms with E-state index in [1.54, 1.807) is 39.8 Å². The highest BCUT2D eigenvalue weighted by Crippen LogP contribution is 2.12. The molecule has 0 aromatic heterocycles. The number of aliphatic carboxylic acids is 1. The summed E-state index contributed by atoms with van der Waals surface area (Å²) in [6.07, 6.45) is 0.105. The lowest BCUT2D eigenvalue weighted by atomic mass is 9.99. The molecule has 3 amide bonds. The Labute approximate surface area is 181 Å². The Kier molecular flexibility index (Phi) is 9.94. The van der Waals surface area contributed by atoms with Crippen molar-refractivity contribution in [3.8, 4) is 5.75 Å². The number of phenols is 1. The number of carbonyl (C=O) groups is 4. The molecule has 10 nitrogen and oxygen atoms in total. The highest BCUT2D eigenvalue weighted by Gasteiger charge is 2.32. The fraction of sp³-hybridized carbons (Fsp3) is 0.524. The number of amides is 3. The van der Waals surface area contributed by atoms with E-state index in [0.29, 0.717) is 5.56 Å². The SMILES string of the molecule is CC(C)C(NC(=O)C(NC(=O)C(Cc1ccc(O)cc1)NC(=O)CN)C(C)C)C(=O)O. The van der Waals surface area contributed by atoms with Crippen LogP contribution < -0.4 is 21.7 Å². The molecule has 1 aromatic carbocycles. The minimum absolute atomic E-state index is 0.0606. The average Bonchev–Trinajstić information content (AvgIpc) is 2.69. The van der Waals surface area contributed by atoms with Gasteiger partial charge in [-0.3, -0.25) is 14.4 Å². The van der Waals surface area contributed by atoms with E-state index in [2.05, 4.69) is 16.0 Å². The number of carbonyl (C=O) groups excluding carboxylic acids is 3.